The fraction of sp³-hybridized carbons (Fsp3) is 0.417. The van der Waals surface area contributed by atoms with Crippen LogP contribution in [0.15, 0.2) is 4.42 Å². The zero-order chi connectivity index (χ0) is 23.4. The number of benzene rings is 2. The molecular formula is C24H28O7. The Bertz CT molecular complexity index is 1230. The van der Waals surface area contributed by atoms with Gasteiger partial charge in [0.1, 0.15) is 45.3 Å². The molecule has 0 radical (unpaired) electrons. The van der Waals surface area contributed by atoms with E-state index in [1.165, 1.54) is 13.8 Å². The zero-order valence-corrected chi connectivity index (χ0v) is 18.6. The van der Waals surface area contributed by atoms with Crippen molar-refractivity contribution in [1.29, 1.82) is 0 Å². The number of phenolic OH excluding ortho intramolecular Hbond substituents is 4. The van der Waals surface area contributed by atoms with Crippen molar-refractivity contribution in [2.75, 3.05) is 0 Å². The van der Waals surface area contributed by atoms with Gasteiger partial charge in [-0.1, -0.05) is 27.7 Å². The van der Waals surface area contributed by atoms with Crippen LogP contribution in [0.3, 0.4) is 0 Å². The van der Waals surface area contributed by atoms with Crippen LogP contribution >= 0.6 is 0 Å². The van der Waals surface area contributed by atoms with Gasteiger partial charge in [-0.05, 0) is 26.2 Å². The summed E-state index contributed by atoms with van der Waals surface area (Å²) in [6.07, 6.45) is 0.610. The number of fused-ring (bicyclic) bond motifs is 3. The Morgan fingerprint density at radius 2 is 1.26 bits per heavy atom. The van der Waals surface area contributed by atoms with Gasteiger partial charge in [0.2, 0.25) is 0 Å². The van der Waals surface area contributed by atoms with Crippen molar-refractivity contribution in [3.63, 3.8) is 0 Å². The molecule has 0 aliphatic carbocycles. The van der Waals surface area contributed by atoms with E-state index in [0.717, 1.165) is 0 Å². The van der Waals surface area contributed by atoms with Crippen LogP contribution in [0.4, 0.5) is 0 Å². The van der Waals surface area contributed by atoms with Gasteiger partial charge < -0.3 is 24.8 Å². The van der Waals surface area contributed by atoms with Gasteiger partial charge in [-0.25, -0.2) is 0 Å². The van der Waals surface area contributed by atoms with Crippen molar-refractivity contribution in [3.8, 4) is 23.0 Å². The van der Waals surface area contributed by atoms with Crippen molar-refractivity contribution in [2.24, 2.45) is 11.8 Å². The molecule has 0 aliphatic heterocycles. The van der Waals surface area contributed by atoms with Crippen molar-refractivity contribution in [2.45, 2.75) is 54.4 Å². The monoisotopic (exact) mass is 428 g/mol. The number of phenols is 4. The van der Waals surface area contributed by atoms with Crippen molar-refractivity contribution in [3.05, 3.63) is 22.3 Å². The van der Waals surface area contributed by atoms with Crippen LogP contribution in [0.5, 0.6) is 23.0 Å². The van der Waals surface area contributed by atoms with Crippen LogP contribution < -0.4 is 0 Å². The summed E-state index contributed by atoms with van der Waals surface area (Å²) in [5.41, 5.74) is 0.0609. The highest BCUT2D eigenvalue weighted by atomic mass is 16.3. The van der Waals surface area contributed by atoms with E-state index in [1.807, 2.05) is 20.8 Å². The normalized spacial score (nSPS) is 12.7. The molecular weight excluding hydrogens is 400 g/mol. The summed E-state index contributed by atoms with van der Waals surface area (Å²) in [6.45, 7) is 10.3. The number of hydrogen-bond donors (Lipinski definition) is 4. The van der Waals surface area contributed by atoms with Gasteiger partial charge in [0.25, 0.3) is 0 Å². The molecule has 1 aromatic heterocycles. The first-order valence-electron chi connectivity index (χ1n) is 10.4. The van der Waals surface area contributed by atoms with Crippen LogP contribution in [0.25, 0.3) is 21.9 Å². The molecule has 3 rings (SSSR count). The lowest BCUT2D eigenvalue weighted by atomic mass is 9.91. The van der Waals surface area contributed by atoms with Gasteiger partial charge >= 0.3 is 0 Å². The summed E-state index contributed by atoms with van der Waals surface area (Å²) in [6, 6.07) is 0. The lowest BCUT2D eigenvalue weighted by molar-refractivity contribution is 0.0920. The van der Waals surface area contributed by atoms with Crippen LogP contribution in [0.2, 0.25) is 0 Å². The third-order valence-corrected chi connectivity index (χ3v) is 5.90. The van der Waals surface area contributed by atoms with Gasteiger partial charge in [0.15, 0.2) is 11.6 Å². The van der Waals surface area contributed by atoms with Gasteiger partial charge in [-0.3, -0.25) is 9.59 Å². The van der Waals surface area contributed by atoms with Crippen LogP contribution in [0.1, 0.15) is 72.4 Å². The van der Waals surface area contributed by atoms with Gasteiger partial charge in [-0.15, -0.1) is 0 Å². The third-order valence-electron chi connectivity index (χ3n) is 5.90. The van der Waals surface area contributed by atoms with E-state index in [4.69, 9.17) is 4.42 Å². The molecule has 166 valence electrons. The van der Waals surface area contributed by atoms with Crippen LogP contribution in [-0.4, -0.2) is 32.0 Å². The second kappa shape index (κ2) is 7.80. The predicted octanol–water partition coefficient (Wildman–Crippen LogP) is 5.48. The molecule has 3 aromatic rings. The molecule has 0 aliphatic rings. The molecule has 7 heteroatoms. The quantitative estimate of drug-likeness (QED) is 0.383. The highest BCUT2D eigenvalue weighted by Crippen LogP contribution is 2.51. The molecule has 7 nitrogen and oxygen atoms in total. The van der Waals surface area contributed by atoms with E-state index in [0.29, 0.717) is 6.42 Å². The lowest BCUT2D eigenvalue weighted by Gasteiger charge is -2.14. The topological polar surface area (TPSA) is 128 Å². The number of aromatic hydroxyl groups is 4. The second-order valence-electron chi connectivity index (χ2n) is 8.60. The summed E-state index contributed by atoms with van der Waals surface area (Å²) in [5, 5.41) is 43.3. The Kier molecular flexibility index (Phi) is 5.65. The van der Waals surface area contributed by atoms with Crippen molar-refractivity contribution >= 4 is 33.5 Å². The number of Topliss-reactive ketones (excluding diaryl/α,β-unsaturated/α-hetero) is 2. The maximum Gasteiger partial charge on any atom is 0.173 e. The van der Waals surface area contributed by atoms with Crippen molar-refractivity contribution < 1.29 is 34.4 Å². The largest absolute Gasteiger partial charge is 0.507 e. The Morgan fingerprint density at radius 1 is 0.806 bits per heavy atom. The molecule has 0 fully saturated rings. The Balaban J connectivity index is 2.51. The van der Waals surface area contributed by atoms with Gasteiger partial charge in [-0.2, -0.15) is 0 Å². The fourth-order valence-electron chi connectivity index (χ4n) is 3.88. The number of carbonyl (C=O) groups excluding carboxylic acids is 2. The number of aryl methyl sites for hydroxylation is 2. The first-order valence-corrected chi connectivity index (χ1v) is 10.4. The molecule has 0 bridgehead atoms. The summed E-state index contributed by atoms with van der Waals surface area (Å²) in [5.74, 6) is -3.18. The summed E-state index contributed by atoms with van der Waals surface area (Å²) in [4.78, 5) is 25.6. The zero-order valence-electron chi connectivity index (χ0n) is 18.6. The van der Waals surface area contributed by atoms with Gasteiger partial charge in [0.05, 0.1) is 10.8 Å². The molecule has 0 spiro atoms. The highest BCUT2D eigenvalue weighted by molar-refractivity contribution is 6.21. The number of ketones is 2. The minimum atomic E-state index is -0.523. The number of furan rings is 1. The van der Waals surface area contributed by atoms with Crippen LogP contribution in [-0.2, 0) is 0 Å². The van der Waals surface area contributed by atoms with E-state index in [-0.39, 0.29) is 56.5 Å². The average Bonchev–Trinajstić information content (AvgIpc) is 3.11. The summed E-state index contributed by atoms with van der Waals surface area (Å²) in [7, 11) is 0. The van der Waals surface area contributed by atoms with Crippen molar-refractivity contribution in [1.82, 2.24) is 0 Å². The Morgan fingerprint density at radius 3 is 1.71 bits per heavy atom. The van der Waals surface area contributed by atoms with Crippen LogP contribution in [0, 0.1) is 25.7 Å². The summed E-state index contributed by atoms with van der Waals surface area (Å²) < 4.78 is 5.81. The maximum absolute atomic E-state index is 12.9. The molecule has 0 amide bonds. The molecule has 31 heavy (non-hydrogen) atoms. The highest BCUT2D eigenvalue weighted by Gasteiger charge is 2.32. The standard InChI is InChI=1S/C24H28O7/c1-7-10(4)18(26)17-20(28)12(6)24-16(22(17)30)15-21(29)14(13(25)8-9(2)3)19(27)11(5)23(15)31-24/h9-10,27-30H,7-8H2,1-6H3/t10-/m0/s1. The Labute approximate surface area is 179 Å². The Hall–Kier alpha value is -3.22. The molecule has 1 atom stereocenters. The molecule has 4 N–H and O–H groups in total. The van der Waals surface area contributed by atoms with Gasteiger partial charge in [0, 0.05) is 23.5 Å². The number of hydrogen-bond acceptors (Lipinski definition) is 7. The first-order chi connectivity index (χ1) is 14.4. The van der Waals surface area contributed by atoms with E-state index < -0.39 is 40.5 Å². The molecule has 1 heterocycles. The van der Waals surface area contributed by atoms with E-state index in [1.54, 1.807) is 6.92 Å². The van der Waals surface area contributed by atoms with E-state index >= 15 is 0 Å². The summed E-state index contributed by atoms with van der Waals surface area (Å²) >= 11 is 0. The molecule has 0 saturated heterocycles. The van der Waals surface area contributed by atoms with E-state index in [9.17, 15) is 30.0 Å². The minimum Gasteiger partial charge on any atom is -0.507 e. The molecule has 2 aromatic carbocycles. The van der Waals surface area contributed by atoms with E-state index in [2.05, 4.69) is 0 Å². The number of carbonyl (C=O) groups is 2. The number of rotatable bonds is 6. The molecule has 0 saturated carbocycles. The SMILES string of the molecule is CC[C@H](C)C(=O)c1c(O)c(C)c2oc3c(C)c(O)c(C(=O)CC(C)C)c(O)c3c2c1O. The smallest absolute Gasteiger partial charge is 0.173 e. The second-order valence-corrected chi connectivity index (χ2v) is 8.60. The fourth-order valence-corrected chi connectivity index (χ4v) is 3.88. The first kappa shape index (κ1) is 22.5. The predicted molar refractivity (Wildman–Crippen MR) is 117 cm³/mol. The minimum absolute atomic E-state index is 0.00394. The third kappa shape index (κ3) is 3.28. The molecule has 0 unspecified atom stereocenters. The lowest BCUT2D eigenvalue weighted by Crippen LogP contribution is -2.11. The maximum atomic E-state index is 12.9. The average molecular weight is 428 g/mol.